The molecule has 90 valence electrons. The molecule has 0 radical (unpaired) electrons. The zero-order valence-corrected chi connectivity index (χ0v) is 11.9. The molecule has 0 aromatic heterocycles. The van der Waals surface area contributed by atoms with Gasteiger partial charge in [0.15, 0.2) is 8.32 Å². The summed E-state index contributed by atoms with van der Waals surface area (Å²) in [5, 5.41) is 9.07. The molecular formula is C12H26O2Si. The van der Waals surface area contributed by atoms with Gasteiger partial charge in [-0.3, -0.25) is 0 Å². The van der Waals surface area contributed by atoms with Crippen molar-refractivity contribution in [2.24, 2.45) is 0 Å². The van der Waals surface area contributed by atoms with Gasteiger partial charge < -0.3 is 9.53 Å². The zero-order valence-electron chi connectivity index (χ0n) is 10.9. The van der Waals surface area contributed by atoms with Crippen LogP contribution in [0.4, 0.5) is 0 Å². The van der Waals surface area contributed by atoms with Crippen molar-refractivity contribution in [2.75, 3.05) is 13.2 Å². The Morgan fingerprint density at radius 1 is 1.33 bits per heavy atom. The van der Waals surface area contributed by atoms with Crippen LogP contribution in [0.5, 0.6) is 0 Å². The molecule has 0 fully saturated rings. The number of hydrogen-bond acceptors (Lipinski definition) is 2. The molecule has 0 aromatic carbocycles. The lowest BCUT2D eigenvalue weighted by molar-refractivity contribution is 0.276. The highest BCUT2D eigenvalue weighted by atomic mass is 28.4. The van der Waals surface area contributed by atoms with Crippen LogP contribution in [0.2, 0.25) is 18.1 Å². The van der Waals surface area contributed by atoms with E-state index in [1.54, 1.807) is 0 Å². The molecule has 0 heterocycles. The molecular weight excluding hydrogens is 204 g/mol. The van der Waals surface area contributed by atoms with Gasteiger partial charge in [0, 0.05) is 6.61 Å². The van der Waals surface area contributed by atoms with E-state index in [-0.39, 0.29) is 11.6 Å². The van der Waals surface area contributed by atoms with Crippen LogP contribution in [-0.2, 0) is 4.43 Å². The fourth-order valence-electron chi connectivity index (χ4n) is 0.945. The van der Waals surface area contributed by atoms with Crippen LogP contribution in [0.15, 0.2) is 12.2 Å². The molecule has 3 heteroatoms. The first-order valence-electron chi connectivity index (χ1n) is 5.62. The molecule has 2 nitrogen and oxygen atoms in total. The second-order valence-corrected chi connectivity index (χ2v) is 10.4. The molecule has 1 N–H and O–H groups in total. The van der Waals surface area contributed by atoms with Crippen LogP contribution in [0, 0.1) is 0 Å². The molecule has 0 aliphatic rings. The molecule has 0 saturated heterocycles. The minimum atomic E-state index is -1.58. The van der Waals surface area contributed by atoms with Crippen molar-refractivity contribution in [1.29, 1.82) is 0 Å². The first-order chi connectivity index (χ1) is 6.70. The Hall–Kier alpha value is -0.123. The predicted molar refractivity (Wildman–Crippen MR) is 68.6 cm³/mol. The summed E-state index contributed by atoms with van der Waals surface area (Å²) in [6.45, 7) is 15.9. The first-order valence-corrected chi connectivity index (χ1v) is 8.53. The third kappa shape index (κ3) is 5.49. The fraction of sp³-hybridized carbons (Fsp3) is 0.833. The number of aliphatic hydroxyl groups excluding tert-OH is 1. The summed E-state index contributed by atoms with van der Waals surface area (Å²) in [5.41, 5.74) is 0.897. The smallest absolute Gasteiger partial charge is 0.191 e. The molecule has 0 unspecified atom stereocenters. The van der Waals surface area contributed by atoms with E-state index in [4.69, 9.17) is 9.53 Å². The Morgan fingerprint density at radius 2 is 1.87 bits per heavy atom. The number of rotatable bonds is 6. The molecule has 0 rings (SSSR count). The summed E-state index contributed by atoms with van der Waals surface area (Å²) >= 11 is 0. The first kappa shape index (κ1) is 14.9. The summed E-state index contributed by atoms with van der Waals surface area (Å²) in [6.07, 6.45) is 1.83. The van der Waals surface area contributed by atoms with E-state index in [9.17, 15) is 0 Å². The van der Waals surface area contributed by atoms with Gasteiger partial charge in [-0.05, 0) is 31.0 Å². The van der Waals surface area contributed by atoms with E-state index in [1.165, 1.54) is 0 Å². The highest BCUT2D eigenvalue weighted by molar-refractivity contribution is 6.74. The largest absolute Gasteiger partial charge is 0.417 e. The second-order valence-electron chi connectivity index (χ2n) is 5.62. The Morgan fingerprint density at radius 3 is 2.27 bits per heavy atom. The average molecular weight is 230 g/mol. The summed E-state index contributed by atoms with van der Waals surface area (Å²) in [5.74, 6) is 0. The molecule has 0 spiro atoms. The van der Waals surface area contributed by atoms with Crippen LogP contribution >= 0.6 is 0 Å². The topological polar surface area (TPSA) is 29.5 Å². The lowest BCUT2D eigenvalue weighted by atomic mass is 10.2. The van der Waals surface area contributed by atoms with Crippen molar-refractivity contribution in [1.82, 2.24) is 0 Å². The average Bonchev–Trinajstić information content (AvgIpc) is 2.10. The third-order valence-corrected chi connectivity index (χ3v) is 7.71. The number of aliphatic hydroxyl groups is 1. The second kappa shape index (κ2) is 5.82. The molecule has 0 amide bonds. The summed E-state index contributed by atoms with van der Waals surface area (Å²) in [7, 11) is -1.58. The third-order valence-electron chi connectivity index (χ3n) is 3.17. The molecule has 0 bridgehead atoms. The minimum absolute atomic E-state index is 0.0973. The molecule has 15 heavy (non-hydrogen) atoms. The molecule has 0 aromatic rings. The van der Waals surface area contributed by atoms with Gasteiger partial charge in [0.05, 0.1) is 6.61 Å². The van der Waals surface area contributed by atoms with E-state index < -0.39 is 8.32 Å². The van der Waals surface area contributed by atoms with E-state index in [0.29, 0.717) is 0 Å². The lowest BCUT2D eigenvalue weighted by Crippen LogP contribution is -2.40. The van der Waals surface area contributed by atoms with Gasteiger partial charge in [-0.25, -0.2) is 0 Å². The van der Waals surface area contributed by atoms with Crippen LogP contribution in [0.3, 0.4) is 0 Å². The summed E-state index contributed by atoms with van der Waals surface area (Å²) in [6, 6.07) is 0. The highest BCUT2D eigenvalue weighted by Gasteiger charge is 2.36. The van der Waals surface area contributed by atoms with Crippen molar-refractivity contribution >= 4 is 8.32 Å². The van der Waals surface area contributed by atoms with Gasteiger partial charge in [0.1, 0.15) is 0 Å². The van der Waals surface area contributed by atoms with E-state index in [2.05, 4.69) is 40.4 Å². The normalized spacial score (nSPS) is 12.9. The minimum Gasteiger partial charge on any atom is -0.417 e. The van der Waals surface area contributed by atoms with Gasteiger partial charge in [-0.15, -0.1) is 0 Å². The van der Waals surface area contributed by atoms with Crippen molar-refractivity contribution in [3.63, 3.8) is 0 Å². The molecule has 0 aliphatic carbocycles. The Bertz CT molecular complexity index is 204. The lowest BCUT2D eigenvalue weighted by Gasteiger charge is -2.36. The van der Waals surface area contributed by atoms with Gasteiger partial charge >= 0.3 is 0 Å². The van der Waals surface area contributed by atoms with Crippen LogP contribution in [0.1, 0.15) is 33.6 Å². The van der Waals surface area contributed by atoms with Crippen LogP contribution in [-0.4, -0.2) is 26.6 Å². The summed E-state index contributed by atoms with van der Waals surface area (Å²) < 4.78 is 6.00. The monoisotopic (exact) mass is 230 g/mol. The summed E-state index contributed by atoms with van der Waals surface area (Å²) in [4.78, 5) is 0. The van der Waals surface area contributed by atoms with Gasteiger partial charge in [-0.1, -0.05) is 32.9 Å². The Balaban J connectivity index is 3.82. The predicted octanol–water partition coefficient (Wildman–Crippen LogP) is 3.34. The van der Waals surface area contributed by atoms with Crippen molar-refractivity contribution < 1.29 is 9.53 Å². The number of hydrogen-bond donors (Lipinski definition) is 1. The maximum Gasteiger partial charge on any atom is 0.191 e. The quantitative estimate of drug-likeness (QED) is 0.431. The van der Waals surface area contributed by atoms with E-state index >= 15 is 0 Å². The van der Waals surface area contributed by atoms with E-state index in [1.807, 2.05) is 0 Å². The Labute approximate surface area is 95.5 Å². The van der Waals surface area contributed by atoms with Crippen molar-refractivity contribution in [3.8, 4) is 0 Å². The standard InChI is InChI=1S/C12H26O2Si/c1-11(10-13)8-7-9-14-15(5,6)12(2,3)4/h13H,1,7-10H2,2-6H3. The maximum absolute atomic E-state index is 8.79. The van der Waals surface area contributed by atoms with E-state index in [0.717, 1.165) is 25.0 Å². The maximum atomic E-state index is 8.79. The van der Waals surface area contributed by atoms with Gasteiger partial charge in [-0.2, -0.15) is 0 Å². The highest BCUT2D eigenvalue weighted by Crippen LogP contribution is 2.36. The SMILES string of the molecule is C=C(CO)CCCO[Si](C)(C)C(C)(C)C. The zero-order chi connectivity index (χ0) is 12.1. The van der Waals surface area contributed by atoms with Gasteiger partial charge in [0.2, 0.25) is 0 Å². The van der Waals surface area contributed by atoms with Crippen molar-refractivity contribution in [2.45, 2.75) is 51.7 Å². The van der Waals surface area contributed by atoms with Crippen LogP contribution < -0.4 is 0 Å². The van der Waals surface area contributed by atoms with Gasteiger partial charge in [0.25, 0.3) is 0 Å². The molecule has 0 saturated carbocycles. The molecule has 0 aliphatic heterocycles. The molecule has 0 atom stereocenters. The fourth-order valence-corrected chi connectivity index (χ4v) is 2.03. The Kier molecular flexibility index (Phi) is 5.78. The van der Waals surface area contributed by atoms with Crippen LogP contribution in [0.25, 0.3) is 0 Å². The van der Waals surface area contributed by atoms with Crippen molar-refractivity contribution in [3.05, 3.63) is 12.2 Å².